The molecule has 3 aromatic rings. The fourth-order valence-corrected chi connectivity index (χ4v) is 3.22. The third kappa shape index (κ3) is 4.55. The normalized spacial score (nSPS) is 13.2. The molecule has 0 aliphatic heterocycles. The van der Waals surface area contributed by atoms with Crippen LogP contribution in [0.3, 0.4) is 0 Å². The van der Waals surface area contributed by atoms with Crippen LogP contribution in [0.1, 0.15) is 12.8 Å². The number of nitrogens with one attached hydrogen (secondary N) is 1. The van der Waals surface area contributed by atoms with E-state index in [1.807, 2.05) is 61.7 Å². The first-order valence-electron chi connectivity index (χ1n) is 10.1. The molecule has 0 unspecified atom stereocenters. The number of likely N-dealkylation sites (N-methyl/N-ethyl adjacent to an activating group) is 1. The first-order valence-corrected chi connectivity index (χ1v) is 10.1. The van der Waals surface area contributed by atoms with Crippen LogP contribution in [-0.2, 0) is 0 Å². The molecule has 6 nitrogen and oxygen atoms in total. The van der Waals surface area contributed by atoms with Gasteiger partial charge in [0.15, 0.2) is 0 Å². The van der Waals surface area contributed by atoms with E-state index in [1.165, 1.54) is 0 Å². The third-order valence-corrected chi connectivity index (χ3v) is 4.82. The van der Waals surface area contributed by atoms with Gasteiger partial charge >= 0.3 is 5.69 Å². The molecule has 0 bridgehead atoms. The summed E-state index contributed by atoms with van der Waals surface area (Å²) in [6.07, 6.45) is 11.7. The largest absolute Gasteiger partial charge is 0.492 e. The molecular weight excluding hydrogens is 378 g/mol. The Bertz CT molecular complexity index is 1090. The van der Waals surface area contributed by atoms with E-state index in [2.05, 4.69) is 17.5 Å². The molecule has 1 aromatic heterocycles. The van der Waals surface area contributed by atoms with Gasteiger partial charge in [0.1, 0.15) is 23.9 Å². The quantitative estimate of drug-likeness (QED) is 0.581. The fraction of sp³-hybridized carbons (Fsp3) is 0.208. The van der Waals surface area contributed by atoms with Crippen molar-refractivity contribution in [1.82, 2.24) is 14.5 Å². The van der Waals surface area contributed by atoms with Crippen molar-refractivity contribution in [1.29, 1.82) is 0 Å². The van der Waals surface area contributed by atoms with Crippen molar-refractivity contribution in [3.8, 4) is 22.9 Å². The molecule has 30 heavy (non-hydrogen) atoms. The van der Waals surface area contributed by atoms with Crippen LogP contribution in [0.25, 0.3) is 11.4 Å². The van der Waals surface area contributed by atoms with E-state index in [4.69, 9.17) is 9.47 Å². The second-order valence-electron chi connectivity index (χ2n) is 6.95. The molecule has 0 saturated heterocycles. The lowest BCUT2D eigenvalue weighted by atomic mass is 10.2. The number of aromatic nitrogens is 2. The van der Waals surface area contributed by atoms with E-state index < -0.39 is 0 Å². The average Bonchev–Trinajstić information content (AvgIpc) is 3.17. The summed E-state index contributed by atoms with van der Waals surface area (Å²) in [6, 6.07) is 15.0. The molecule has 1 aliphatic carbocycles. The third-order valence-electron chi connectivity index (χ3n) is 4.82. The maximum atomic E-state index is 12.9. The van der Waals surface area contributed by atoms with E-state index in [0.717, 1.165) is 48.0 Å². The summed E-state index contributed by atoms with van der Waals surface area (Å²) in [5.74, 6) is 2.38. The van der Waals surface area contributed by atoms with Crippen LogP contribution in [0.5, 0.6) is 11.5 Å². The Balaban J connectivity index is 1.48. The standard InChI is InChI=1S/C24H25N3O3/c1-25-15-18-29-21-11-7-19(8-12-21)26-16-17-27(24(26)28)20-9-13-23(14-10-20)30-22-5-3-2-4-6-22/h3,5-14,16-17,25H,2,4,15,18H2,1H3. The molecule has 1 N–H and O–H groups in total. The Hall–Kier alpha value is -3.51. The van der Waals surface area contributed by atoms with Crippen molar-refractivity contribution in [3.63, 3.8) is 0 Å². The van der Waals surface area contributed by atoms with Gasteiger partial charge in [-0.1, -0.05) is 6.08 Å². The van der Waals surface area contributed by atoms with Gasteiger partial charge in [-0.05, 0) is 80.6 Å². The zero-order valence-corrected chi connectivity index (χ0v) is 17.0. The van der Waals surface area contributed by atoms with Gasteiger partial charge in [-0.15, -0.1) is 0 Å². The minimum Gasteiger partial charge on any atom is -0.492 e. The molecule has 154 valence electrons. The number of hydrogen-bond acceptors (Lipinski definition) is 4. The SMILES string of the molecule is CNCCOc1ccc(-n2ccn(-c3ccc(OC4=CCCC=C4)cc3)c2=O)cc1. The monoisotopic (exact) mass is 403 g/mol. The Labute approximate surface area is 175 Å². The molecule has 0 saturated carbocycles. The summed E-state index contributed by atoms with van der Waals surface area (Å²) < 4.78 is 14.7. The number of ether oxygens (including phenoxy) is 2. The first-order chi connectivity index (χ1) is 14.7. The number of nitrogens with zero attached hydrogens (tertiary/aromatic N) is 2. The molecule has 0 spiro atoms. The maximum Gasteiger partial charge on any atom is 0.337 e. The second kappa shape index (κ2) is 9.33. The lowest BCUT2D eigenvalue weighted by molar-refractivity contribution is 0.318. The number of allylic oxidation sites excluding steroid dienone is 3. The van der Waals surface area contributed by atoms with Crippen LogP contribution in [0.2, 0.25) is 0 Å². The predicted octanol–water partition coefficient (Wildman–Crippen LogP) is 3.84. The summed E-state index contributed by atoms with van der Waals surface area (Å²) in [6.45, 7) is 1.38. The molecular formula is C24H25N3O3. The van der Waals surface area contributed by atoms with Crippen molar-refractivity contribution in [3.05, 3.63) is 95.4 Å². The van der Waals surface area contributed by atoms with Gasteiger partial charge in [0.05, 0.1) is 11.4 Å². The van der Waals surface area contributed by atoms with Crippen LogP contribution >= 0.6 is 0 Å². The van der Waals surface area contributed by atoms with Crippen molar-refractivity contribution >= 4 is 0 Å². The zero-order valence-electron chi connectivity index (χ0n) is 17.0. The molecule has 0 fully saturated rings. The first kappa shape index (κ1) is 19.8. The number of hydrogen-bond donors (Lipinski definition) is 1. The van der Waals surface area contributed by atoms with Crippen molar-refractivity contribution in [2.24, 2.45) is 0 Å². The summed E-state index contributed by atoms with van der Waals surface area (Å²) >= 11 is 0. The molecule has 2 aromatic carbocycles. The van der Waals surface area contributed by atoms with Gasteiger partial charge in [0.2, 0.25) is 0 Å². The number of rotatable bonds is 8. The van der Waals surface area contributed by atoms with Gasteiger partial charge in [0.25, 0.3) is 0 Å². The molecule has 1 aliphatic rings. The van der Waals surface area contributed by atoms with Crippen molar-refractivity contribution in [2.75, 3.05) is 20.2 Å². The minimum absolute atomic E-state index is 0.134. The highest BCUT2D eigenvalue weighted by atomic mass is 16.5. The smallest absolute Gasteiger partial charge is 0.337 e. The highest BCUT2D eigenvalue weighted by Gasteiger charge is 2.08. The van der Waals surface area contributed by atoms with Gasteiger partial charge in [-0.3, -0.25) is 9.13 Å². The summed E-state index contributed by atoms with van der Waals surface area (Å²) in [5.41, 5.74) is 1.44. The molecule has 1 heterocycles. The molecule has 0 amide bonds. The number of imidazole rings is 1. The highest BCUT2D eigenvalue weighted by molar-refractivity contribution is 5.41. The Morgan fingerprint density at radius 1 is 0.900 bits per heavy atom. The molecule has 4 rings (SSSR count). The molecule has 0 atom stereocenters. The maximum absolute atomic E-state index is 12.9. The number of benzene rings is 2. The summed E-state index contributed by atoms with van der Waals surface area (Å²) in [5, 5.41) is 3.04. The van der Waals surface area contributed by atoms with Gasteiger partial charge in [0, 0.05) is 18.9 Å². The average molecular weight is 403 g/mol. The minimum atomic E-state index is -0.134. The second-order valence-corrected chi connectivity index (χ2v) is 6.95. The zero-order chi connectivity index (χ0) is 20.8. The van der Waals surface area contributed by atoms with Crippen LogP contribution in [0, 0.1) is 0 Å². The van der Waals surface area contributed by atoms with Crippen LogP contribution < -0.4 is 20.5 Å². The van der Waals surface area contributed by atoms with Crippen molar-refractivity contribution in [2.45, 2.75) is 12.8 Å². The topological polar surface area (TPSA) is 57.4 Å². The van der Waals surface area contributed by atoms with Crippen LogP contribution in [0.15, 0.2) is 89.7 Å². The van der Waals surface area contributed by atoms with Crippen LogP contribution in [0.4, 0.5) is 0 Å². The van der Waals surface area contributed by atoms with E-state index in [0.29, 0.717) is 6.61 Å². The summed E-state index contributed by atoms with van der Waals surface area (Å²) in [7, 11) is 1.88. The fourth-order valence-electron chi connectivity index (χ4n) is 3.22. The predicted molar refractivity (Wildman–Crippen MR) is 118 cm³/mol. The van der Waals surface area contributed by atoms with E-state index in [-0.39, 0.29) is 5.69 Å². The highest BCUT2D eigenvalue weighted by Crippen LogP contribution is 2.20. The Morgan fingerprint density at radius 2 is 1.53 bits per heavy atom. The lowest BCUT2D eigenvalue weighted by Gasteiger charge is -2.10. The van der Waals surface area contributed by atoms with E-state index in [9.17, 15) is 4.79 Å². The lowest BCUT2D eigenvalue weighted by Crippen LogP contribution is -2.21. The van der Waals surface area contributed by atoms with Gasteiger partial charge in [-0.2, -0.15) is 0 Å². The Morgan fingerprint density at radius 3 is 2.10 bits per heavy atom. The van der Waals surface area contributed by atoms with Gasteiger partial charge < -0.3 is 14.8 Å². The van der Waals surface area contributed by atoms with Crippen molar-refractivity contribution < 1.29 is 9.47 Å². The Kier molecular flexibility index (Phi) is 6.15. The van der Waals surface area contributed by atoms with Gasteiger partial charge in [-0.25, -0.2) is 4.79 Å². The molecule has 6 heteroatoms. The van der Waals surface area contributed by atoms with E-state index in [1.54, 1.807) is 21.5 Å². The summed E-state index contributed by atoms with van der Waals surface area (Å²) in [4.78, 5) is 12.9. The van der Waals surface area contributed by atoms with Crippen LogP contribution in [-0.4, -0.2) is 29.3 Å². The van der Waals surface area contributed by atoms with E-state index >= 15 is 0 Å². The molecule has 0 radical (unpaired) electrons.